The number of nitriles is 2. The zero-order chi connectivity index (χ0) is 73.0. The van der Waals surface area contributed by atoms with Crippen LogP contribution in [-0.2, 0) is 61.3 Å². The Bertz CT molecular complexity index is 3900. The van der Waals surface area contributed by atoms with Crippen LogP contribution >= 0.6 is 0 Å². The number of amides is 1. The summed E-state index contributed by atoms with van der Waals surface area (Å²) in [7, 11) is -8.14. The first-order valence-corrected chi connectivity index (χ1v) is 37.0. The normalized spacial score (nSPS) is 20.9. The van der Waals surface area contributed by atoms with E-state index in [1.807, 2.05) is 88.4 Å². The van der Waals surface area contributed by atoms with Crippen LogP contribution in [0.5, 0.6) is 28.7 Å². The van der Waals surface area contributed by atoms with Gasteiger partial charge >= 0.3 is 12.2 Å². The second kappa shape index (κ2) is 36.3. The van der Waals surface area contributed by atoms with Crippen molar-refractivity contribution < 1.29 is 93.7 Å². The molecular weight excluding hydrogens is 1360 g/mol. The first kappa shape index (κ1) is 77.9. The van der Waals surface area contributed by atoms with Gasteiger partial charge in [-0.15, -0.1) is 0 Å². The Morgan fingerprint density at radius 3 is 1.55 bits per heavy atom. The van der Waals surface area contributed by atoms with Crippen LogP contribution in [0.15, 0.2) is 131 Å². The van der Waals surface area contributed by atoms with Crippen molar-refractivity contribution in [1.29, 1.82) is 10.5 Å². The zero-order valence-electron chi connectivity index (χ0n) is 57.7. The highest BCUT2D eigenvalue weighted by Gasteiger charge is 2.46. The average molecular weight is 1450 g/mol. The number of hydrogen-bond acceptors (Lipinski definition) is 24. The van der Waals surface area contributed by atoms with E-state index in [0.29, 0.717) is 108 Å². The summed E-state index contributed by atoms with van der Waals surface area (Å²) in [5, 5.41) is 53.9. The SMILES string of the molecule is CC(C)(CCCC#N)CN(C[C@@H](O)[C@@H](N)Cc1ccccc1)S(=O)(=O)c1ccc2c(c1)OCCO2.CC(C)(CCCC#N)CN(C[C@@H](O)[C@H](Cc1ccccc1)NC(=O)O[C@H]1CO[C@H]2OCC[C@H]21)S(=O)(=O)c1ccc2c(c1)OCCO2.O=C(Oc1ccc([N+](=O)[O-])cc1)O[C@H]1CO[C@H]2OCC[C@H]21. The molecule has 5 aromatic carbocycles. The van der Waals surface area contributed by atoms with Crippen molar-refractivity contribution in [3.05, 3.63) is 143 Å². The number of aliphatic hydroxyl groups is 2. The first-order chi connectivity index (χ1) is 48.8. The smallest absolute Gasteiger partial charge is 0.486 e. The number of nitro benzene ring substituents is 1. The molecule has 4 fully saturated rings. The summed E-state index contributed by atoms with van der Waals surface area (Å²) in [4.78, 5) is 34.9. The molecule has 0 aliphatic carbocycles. The molecule has 11 rings (SSSR count). The van der Waals surface area contributed by atoms with Gasteiger partial charge in [-0.1, -0.05) is 88.4 Å². The highest BCUT2D eigenvalue weighted by Crippen LogP contribution is 2.39. The maximum absolute atomic E-state index is 14.2. The standard InChI is InChI=1S/C33H43N3O9S.C26H35N3O5S.C13H13NO7/c1-33(2,13-6-7-14-34)22-36(46(39,40)24-10-11-28-29(19-24)42-17-16-41-28)20-27(37)26(18-23-8-4-3-5-9-23)35-32(38)45-30-21-44-31-25(30)12-15-43-31;1-26(2,12-6-7-13-27)19-29(18-23(30)22(28)16-20-8-4-3-5-9-20)35(31,32)21-10-11-24-25(17-21)34-15-14-33-24;15-13(20-9-3-1-8(2-4-9)14(16)17)21-11-7-19-12-10(11)5-6-18-12/h3-5,8-11,19,25-27,30-31,37H,6-7,12-13,15-18,20-22H2,1-2H3,(H,35,38);3-5,8-11,17,22-23,30H,6-7,12,14-16,18-19,28H2,1-2H3;1-4,10-12H,5-7H2/t25-,26-,27+,30-,31+;22-,23+;10-,11-,12+/m000/s1. The van der Waals surface area contributed by atoms with E-state index >= 15 is 0 Å². The quantitative estimate of drug-likeness (QED) is 0.0114. The Morgan fingerprint density at radius 2 is 1.08 bits per heavy atom. The van der Waals surface area contributed by atoms with Crippen LogP contribution in [0.2, 0.25) is 0 Å². The van der Waals surface area contributed by atoms with Gasteiger partial charge in [-0.25, -0.2) is 26.4 Å². The molecule has 28 nitrogen and oxygen atoms in total. The lowest BCUT2D eigenvalue weighted by atomic mass is 9.87. The average Bonchev–Trinajstić information content (AvgIpc) is 1.25. The van der Waals surface area contributed by atoms with Gasteiger partial charge in [0.25, 0.3) is 5.69 Å². The number of carbonyl (C=O) groups is 2. The van der Waals surface area contributed by atoms with Crippen LogP contribution in [0.25, 0.3) is 0 Å². The van der Waals surface area contributed by atoms with E-state index in [2.05, 4.69) is 17.5 Å². The van der Waals surface area contributed by atoms with Gasteiger partial charge in [-0.3, -0.25) is 10.1 Å². The number of fused-ring (bicyclic) bond motifs is 4. The van der Waals surface area contributed by atoms with Crippen molar-refractivity contribution in [2.45, 2.75) is 151 Å². The van der Waals surface area contributed by atoms with Crippen LogP contribution in [-0.4, -0.2) is 181 Å². The van der Waals surface area contributed by atoms with Crippen LogP contribution < -0.4 is 34.7 Å². The lowest BCUT2D eigenvalue weighted by molar-refractivity contribution is -0.384. The molecule has 0 bridgehead atoms. The molecule has 4 saturated heterocycles. The second-order valence-corrected chi connectivity index (χ2v) is 31.1. The molecule has 30 heteroatoms. The lowest BCUT2D eigenvalue weighted by Gasteiger charge is -2.35. The monoisotopic (exact) mass is 1450 g/mol. The van der Waals surface area contributed by atoms with Gasteiger partial charge in [0.15, 0.2) is 35.6 Å². The van der Waals surface area contributed by atoms with Crippen LogP contribution in [0, 0.1) is 55.4 Å². The molecule has 0 aromatic heterocycles. The van der Waals surface area contributed by atoms with E-state index in [4.69, 9.17) is 68.4 Å². The number of rotatable bonds is 29. The van der Waals surface area contributed by atoms with Crippen molar-refractivity contribution in [2.24, 2.45) is 28.4 Å². The molecule has 10 atom stereocenters. The van der Waals surface area contributed by atoms with Gasteiger partial charge in [-0.2, -0.15) is 19.1 Å². The minimum atomic E-state index is -4.16. The van der Waals surface area contributed by atoms with E-state index < -0.39 is 78.4 Å². The first-order valence-electron chi connectivity index (χ1n) is 34.1. The number of benzene rings is 5. The number of unbranched alkanes of at least 4 members (excludes halogenated alkanes) is 2. The van der Waals surface area contributed by atoms with E-state index in [-0.39, 0.29) is 97.6 Å². The number of hydrogen-bond donors (Lipinski definition) is 4. The topological polar surface area (TPSA) is 380 Å². The van der Waals surface area contributed by atoms with E-state index in [1.54, 1.807) is 12.1 Å². The van der Waals surface area contributed by atoms with Gasteiger partial charge in [0.1, 0.15) is 44.4 Å². The number of nitrogens with zero attached hydrogens (tertiary/aromatic N) is 5. The fourth-order valence-electron chi connectivity index (χ4n) is 12.7. The van der Waals surface area contributed by atoms with Gasteiger partial charge < -0.3 is 73.4 Å². The third kappa shape index (κ3) is 21.9. The van der Waals surface area contributed by atoms with Crippen LogP contribution in [0.4, 0.5) is 15.3 Å². The highest BCUT2D eigenvalue weighted by molar-refractivity contribution is 7.89. The predicted octanol–water partition coefficient (Wildman–Crippen LogP) is 8.60. The summed E-state index contributed by atoms with van der Waals surface area (Å²) < 4.78 is 119. The molecule has 552 valence electrons. The number of nitrogens with one attached hydrogen (secondary N) is 1. The molecule has 6 heterocycles. The summed E-state index contributed by atoms with van der Waals surface area (Å²) in [6.45, 7) is 10.6. The zero-order valence-corrected chi connectivity index (χ0v) is 59.3. The third-order valence-electron chi connectivity index (χ3n) is 18.2. The van der Waals surface area contributed by atoms with Crippen molar-refractivity contribution in [2.75, 3.05) is 79.0 Å². The summed E-state index contributed by atoms with van der Waals surface area (Å²) >= 11 is 0. The molecule has 5 N–H and O–H groups in total. The fraction of sp³-hybridized carbons (Fsp3) is 0.528. The predicted molar refractivity (Wildman–Crippen MR) is 368 cm³/mol. The number of sulfonamides is 2. The summed E-state index contributed by atoms with van der Waals surface area (Å²) in [6.07, 6.45) is -0.0843. The Morgan fingerprint density at radius 1 is 0.627 bits per heavy atom. The Hall–Kier alpha value is -8.24. The van der Waals surface area contributed by atoms with E-state index in [1.165, 1.54) is 57.1 Å². The highest BCUT2D eigenvalue weighted by atomic mass is 32.2. The molecule has 0 unspecified atom stereocenters. The number of carbonyl (C=O) groups excluding carboxylic acids is 2. The molecule has 5 aromatic rings. The number of nitrogens with two attached hydrogens (primary N) is 1. The van der Waals surface area contributed by atoms with Crippen molar-refractivity contribution in [1.82, 2.24) is 13.9 Å². The molecule has 102 heavy (non-hydrogen) atoms. The van der Waals surface area contributed by atoms with Crippen LogP contribution in [0.1, 0.15) is 90.2 Å². The summed E-state index contributed by atoms with van der Waals surface area (Å²) in [6, 6.07) is 35.8. The molecule has 6 aliphatic heterocycles. The number of nitro groups is 1. The maximum Gasteiger partial charge on any atom is 0.514 e. The second-order valence-electron chi connectivity index (χ2n) is 27.2. The minimum absolute atomic E-state index is 0.00155. The number of ether oxygens (including phenoxy) is 11. The fourth-order valence-corrected chi connectivity index (χ4v) is 16.0. The number of alkyl carbamates (subject to hydrolysis) is 1. The Balaban J connectivity index is 0.000000190. The minimum Gasteiger partial charge on any atom is -0.486 e. The van der Waals surface area contributed by atoms with E-state index in [9.17, 15) is 46.8 Å². The van der Waals surface area contributed by atoms with Crippen molar-refractivity contribution in [3.8, 4) is 40.9 Å². The number of non-ortho nitro benzene ring substituents is 1. The summed E-state index contributed by atoms with van der Waals surface area (Å²) in [5.74, 6) is 1.84. The molecular formula is C72H91N7O21S2. The van der Waals surface area contributed by atoms with Gasteiger partial charge in [-0.05, 0) is 110 Å². The Labute approximate surface area is 594 Å². The lowest BCUT2D eigenvalue weighted by Crippen LogP contribution is -2.52. The molecule has 0 spiro atoms. The number of aliphatic hydroxyl groups excluding tert-OH is 2. The molecule has 0 saturated carbocycles. The van der Waals surface area contributed by atoms with Gasteiger partial charge in [0.05, 0.1) is 83.4 Å². The van der Waals surface area contributed by atoms with E-state index in [0.717, 1.165) is 24.0 Å². The maximum atomic E-state index is 14.2. The van der Waals surface area contributed by atoms with Gasteiger partial charge in [0, 0.05) is 69.3 Å². The van der Waals surface area contributed by atoms with Gasteiger partial charge in [0.2, 0.25) is 20.0 Å². The molecule has 1 amide bonds. The third-order valence-corrected chi connectivity index (χ3v) is 21.8. The summed E-state index contributed by atoms with van der Waals surface area (Å²) in [5.41, 5.74) is 7.08. The van der Waals surface area contributed by atoms with Crippen molar-refractivity contribution in [3.63, 3.8) is 0 Å². The molecule has 0 radical (unpaired) electrons. The molecule has 6 aliphatic rings. The van der Waals surface area contributed by atoms with Crippen LogP contribution in [0.3, 0.4) is 0 Å². The Kier molecular flexibility index (Phi) is 27.7. The van der Waals surface area contributed by atoms with Crippen molar-refractivity contribution >= 4 is 38.0 Å². The largest absolute Gasteiger partial charge is 0.514 e.